The summed E-state index contributed by atoms with van der Waals surface area (Å²) in [5.41, 5.74) is 1.61. The fourth-order valence-corrected chi connectivity index (χ4v) is 2.27. The first-order valence-corrected chi connectivity index (χ1v) is 7.00. The van der Waals surface area contributed by atoms with E-state index >= 15 is 0 Å². The largest absolute Gasteiger partial charge is 0.436 e. The normalized spacial score (nSPS) is 11.0. The van der Waals surface area contributed by atoms with Crippen molar-refractivity contribution in [1.82, 2.24) is 14.8 Å². The van der Waals surface area contributed by atoms with Gasteiger partial charge < -0.3 is 9.84 Å². The van der Waals surface area contributed by atoms with Crippen molar-refractivity contribution in [3.8, 4) is 11.6 Å². The first kappa shape index (κ1) is 13.6. The molecule has 0 amide bonds. The highest BCUT2D eigenvalue weighted by atomic mass is 16.5. The molecule has 0 aliphatic rings. The van der Waals surface area contributed by atoms with Gasteiger partial charge in [0.25, 0.3) is 0 Å². The van der Waals surface area contributed by atoms with E-state index in [1.54, 1.807) is 12.3 Å². The maximum Gasteiger partial charge on any atom is 0.220 e. The SMILES string of the molecule is CCCn1cc(Oc2cc(CO)c3ccccc3n2)cn1. The number of aliphatic hydroxyl groups excluding tert-OH is 1. The summed E-state index contributed by atoms with van der Waals surface area (Å²) in [5, 5.41) is 14.7. The number of aliphatic hydroxyl groups is 1. The van der Waals surface area contributed by atoms with Gasteiger partial charge in [-0.05, 0) is 18.1 Å². The minimum absolute atomic E-state index is 0.0471. The van der Waals surface area contributed by atoms with Crippen LogP contribution in [0.15, 0.2) is 42.7 Å². The van der Waals surface area contributed by atoms with Crippen LogP contribution in [0.25, 0.3) is 10.9 Å². The van der Waals surface area contributed by atoms with Gasteiger partial charge in [-0.25, -0.2) is 4.98 Å². The van der Waals surface area contributed by atoms with Crippen molar-refractivity contribution in [3.63, 3.8) is 0 Å². The van der Waals surface area contributed by atoms with Gasteiger partial charge in [0.2, 0.25) is 5.88 Å². The Balaban J connectivity index is 1.92. The quantitative estimate of drug-likeness (QED) is 0.781. The van der Waals surface area contributed by atoms with Gasteiger partial charge in [0.1, 0.15) is 0 Å². The molecule has 3 aromatic rings. The van der Waals surface area contributed by atoms with Crippen molar-refractivity contribution in [2.45, 2.75) is 26.5 Å². The Morgan fingerprint density at radius 2 is 2.14 bits per heavy atom. The van der Waals surface area contributed by atoms with Gasteiger partial charge in [-0.1, -0.05) is 25.1 Å². The van der Waals surface area contributed by atoms with E-state index in [1.807, 2.05) is 35.1 Å². The van der Waals surface area contributed by atoms with Crippen LogP contribution in [-0.4, -0.2) is 19.9 Å². The predicted octanol–water partition coefficient (Wildman–Crippen LogP) is 3.13. The number of para-hydroxylation sites is 1. The van der Waals surface area contributed by atoms with E-state index in [-0.39, 0.29) is 6.61 Å². The molecule has 0 aliphatic heterocycles. The maximum atomic E-state index is 9.50. The number of hydrogen-bond acceptors (Lipinski definition) is 4. The Morgan fingerprint density at radius 1 is 1.29 bits per heavy atom. The zero-order chi connectivity index (χ0) is 14.7. The van der Waals surface area contributed by atoms with Crippen LogP contribution in [0, 0.1) is 0 Å². The number of ether oxygens (including phenoxy) is 1. The molecule has 0 spiro atoms. The molecular weight excluding hydrogens is 266 g/mol. The number of aromatic nitrogens is 3. The minimum Gasteiger partial charge on any atom is -0.436 e. The highest BCUT2D eigenvalue weighted by Gasteiger charge is 2.07. The van der Waals surface area contributed by atoms with E-state index in [2.05, 4.69) is 17.0 Å². The Bertz CT molecular complexity index is 752. The average Bonchev–Trinajstić information content (AvgIpc) is 2.94. The third-order valence-corrected chi connectivity index (χ3v) is 3.23. The molecule has 5 heteroatoms. The highest BCUT2D eigenvalue weighted by Crippen LogP contribution is 2.25. The van der Waals surface area contributed by atoms with Gasteiger partial charge in [0.05, 0.1) is 24.5 Å². The van der Waals surface area contributed by atoms with Crippen molar-refractivity contribution < 1.29 is 9.84 Å². The lowest BCUT2D eigenvalue weighted by atomic mass is 10.1. The number of aryl methyl sites for hydroxylation is 1. The van der Waals surface area contributed by atoms with Crippen molar-refractivity contribution in [1.29, 1.82) is 0 Å². The van der Waals surface area contributed by atoms with E-state index in [9.17, 15) is 5.11 Å². The molecule has 3 rings (SSSR count). The molecule has 2 aromatic heterocycles. The molecule has 0 aliphatic carbocycles. The molecule has 0 radical (unpaired) electrons. The first-order chi connectivity index (χ1) is 10.3. The molecule has 0 bridgehead atoms. The Kier molecular flexibility index (Phi) is 3.83. The lowest BCUT2D eigenvalue weighted by molar-refractivity contribution is 0.282. The second-order valence-corrected chi connectivity index (χ2v) is 4.84. The molecule has 108 valence electrons. The van der Waals surface area contributed by atoms with Gasteiger partial charge in [-0.2, -0.15) is 5.10 Å². The van der Waals surface area contributed by atoms with Crippen molar-refractivity contribution in [2.24, 2.45) is 0 Å². The Morgan fingerprint density at radius 3 is 2.95 bits per heavy atom. The molecule has 0 saturated carbocycles. The van der Waals surface area contributed by atoms with E-state index in [0.717, 1.165) is 29.4 Å². The lowest BCUT2D eigenvalue weighted by Crippen LogP contribution is -1.96. The fraction of sp³-hybridized carbons (Fsp3) is 0.250. The maximum absolute atomic E-state index is 9.50. The summed E-state index contributed by atoms with van der Waals surface area (Å²) in [6.07, 6.45) is 4.54. The van der Waals surface area contributed by atoms with Gasteiger partial charge in [-0.3, -0.25) is 4.68 Å². The van der Waals surface area contributed by atoms with Crippen LogP contribution in [0.2, 0.25) is 0 Å². The fourth-order valence-electron chi connectivity index (χ4n) is 2.27. The third-order valence-electron chi connectivity index (χ3n) is 3.23. The molecule has 0 atom stereocenters. The molecular formula is C16H17N3O2. The van der Waals surface area contributed by atoms with Gasteiger partial charge in [0.15, 0.2) is 5.75 Å². The molecule has 1 aromatic carbocycles. The van der Waals surface area contributed by atoms with Crippen LogP contribution in [0.3, 0.4) is 0 Å². The number of benzene rings is 1. The van der Waals surface area contributed by atoms with Gasteiger partial charge in [0, 0.05) is 18.0 Å². The second kappa shape index (κ2) is 5.93. The molecule has 0 unspecified atom stereocenters. The zero-order valence-corrected chi connectivity index (χ0v) is 11.9. The molecule has 21 heavy (non-hydrogen) atoms. The van der Waals surface area contributed by atoms with Crippen LogP contribution in [-0.2, 0) is 13.2 Å². The zero-order valence-electron chi connectivity index (χ0n) is 11.9. The number of rotatable bonds is 5. The second-order valence-electron chi connectivity index (χ2n) is 4.84. The monoisotopic (exact) mass is 283 g/mol. The summed E-state index contributed by atoms with van der Waals surface area (Å²) >= 11 is 0. The molecule has 0 fully saturated rings. The van der Waals surface area contributed by atoms with E-state index in [4.69, 9.17) is 4.74 Å². The summed E-state index contributed by atoms with van der Waals surface area (Å²) in [4.78, 5) is 4.46. The van der Waals surface area contributed by atoms with Crippen molar-refractivity contribution >= 4 is 10.9 Å². The molecule has 5 nitrogen and oxygen atoms in total. The predicted molar refractivity (Wildman–Crippen MR) is 80.3 cm³/mol. The van der Waals surface area contributed by atoms with Crippen LogP contribution in [0.1, 0.15) is 18.9 Å². The number of hydrogen-bond donors (Lipinski definition) is 1. The topological polar surface area (TPSA) is 60.2 Å². The van der Waals surface area contributed by atoms with Crippen LogP contribution < -0.4 is 4.74 Å². The Labute approximate surface area is 122 Å². The number of nitrogens with zero attached hydrogens (tertiary/aromatic N) is 3. The third kappa shape index (κ3) is 2.87. The van der Waals surface area contributed by atoms with Crippen molar-refractivity contribution in [2.75, 3.05) is 0 Å². The summed E-state index contributed by atoms with van der Waals surface area (Å²) in [5.74, 6) is 1.11. The summed E-state index contributed by atoms with van der Waals surface area (Å²) in [6, 6.07) is 9.45. The van der Waals surface area contributed by atoms with Gasteiger partial charge in [-0.15, -0.1) is 0 Å². The highest BCUT2D eigenvalue weighted by molar-refractivity contribution is 5.82. The lowest BCUT2D eigenvalue weighted by Gasteiger charge is -2.07. The first-order valence-electron chi connectivity index (χ1n) is 7.00. The summed E-state index contributed by atoms with van der Waals surface area (Å²) in [6.45, 7) is 2.91. The van der Waals surface area contributed by atoms with Crippen LogP contribution >= 0.6 is 0 Å². The summed E-state index contributed by atoms with van der Waals surface area (Å²) < 4.78 is 7.59. The molecule has 1 N–H and O–H groups in total. The van der Waals surface area contributed by atoms with E-state index in [1.165, 1.54) is 0 Å². The average molecular weight is 283 g/mol. The van der Waals surface area contributed by atoms with Crippen LogP contribution in [0.4, 0.5) is 0 Å². The van der Waals surface area contributed by atoms with E-state index in [0.29, 0.717) is 11.6 Å². The van der Waals surface area contributed by atoms with E-state index < -0.39 is 0 Å². The smallest absolute Gasteiger partial charge is 0.220 e. The van der Waals surface area contributed by atoms with Gasteiger partial charge >= 0.3 is 0 Å². The number of pyridine rings is 1. The number of fused-ring (bicyclic) bond motifs is 1. The molecule has 0 saturated heterocycles. The Hall–Kier alpha value is -2.40. The van der Waals surface area contributed by atoms with Crippen LogP contribution in [0.5, 0.6) is 11.6 Å². The summed E-state index contributed by atoms with van der Waals surface area (Å²) in [7, 11) is 0. The molecule has 2 heterocycles. The van der Waals surface area contributed by atoms with Crippen molar-refractivity contribution in [3.05, 3.63) is 48.3 Å². The minimum atomic E-state index is -0.0471. The standard InChI is InChI=1S/C16H17N3O2/c1-2-7-19-10-13(9-17-19)21-16-8-12(11-20)14-5-3-4-6-15(14)18-16/h3-6,8-10,20H,2,7,11H2,1H3.